The summed E-state index contributed by atoms with van der Waals surface area (Å²) in [7, 11) is 5.80. The van der Waals surface area contributed by atoms with Gasteiger partial charge in [0.15, 0.2) is 0 Å². The van der Waals surface area contributed by atoms with Gasteiger partial charge < -0.3 is 15.0 Å². The van der Waals surface area contributed by atoms with Crippen molar-refractivity contribution in [3.63, 3.8) is 0 Å². The van der Waals surface area contributed by atoms with E-state index in [4.69, 9.17) is 4.74 Å². The molecule has 0 heterocycles. The minimum Gasteiger partial charge on any atom is -0.496 e. The number of amides is 1. The first-order chi connectivity index (χ1) is 16.4. The molecule has 4 nitrogen and oxygen atoms in total. The first kappa shape index (κ1) is 25.5. The molecule has 0 aliphatic rings. The van der Waals surface area contributed by atoms with Crippen molar-refractivity contribution in [1.29, 1.82) is 0 Å². The standard InChI is InChI=1S/C30H38N2O2/c1-22(2)19-25-14-10-16-28(29(25)34-5)24-13-9-15-26(20-24)30(33)31-27(21-32(3)4)18-17-23-11-7-6-8-12-23/h6-16,20,22,27H,17-19,21H2,1-5H3,(H,31,33)/t27-/m1/s1. The highest BCUT2D eigenvalue weighted by atomic mass is 16.5. The average molecular weight is 459 g/mol. The van der Waals surface area contributed by atoms with E-state index in [0.717, 1.165) is 42.7 Å². The fraction of sp³-hybridized carbons (Fsp3) is 0.367. The Bertz CT molecular complexity index is 1060. The molecule has 0 unspecified atom stereocenters. The third-order valence-electron chi connectivity index (χ3n) is 5.91. The van der Waals surface area contributed by atoms with Crippen LogP contribution in [-0.2, 0) is 12.8 Å². The van der Waals surface area contributed by atoms with Gasteiger partial charge >= 0.3 is 0 Å². The third-order valence-corrected chi connectivity index (χ3v) is 5.91. The van der Waals surface area contributed by atoms with Gasteiger partial charge in [0.2, 0.25) is 0 Å². The van der Waals surface area contributed by atoms with Gasteiger partial charge in [0.05, 0.1) is 7.11 Å². The molecule has 3 aromatic carbocycles. The Morgan fingerprint density at radius 2 is 1.71 bits per heavy atom. The second-order valence-corrected chi connectivity index (χ2v) is 9.63. The van der Waals surface area contributed by atoms with E-state index in [1.807, 2.05) is 44.4 Å². The van der Waals surface area contributed by atoms with E-state index in [0.29, 0.717) is 11.5 Å². The summed E-state index contributed by atoms with van der Waals surface area (Å²) in [6.45, 7) is 5.21. The minimum atomic E-state index is -0.0425. The van der Waals surface area contributed by atoms with Gasteiger partial charge in [-0.1, -0.05) is 74.5 Å². The molecule has 1 N–H and O–H groups in total. The van der Waals surface area contributed by atoms with Crippen LogP contribution in [0.5, 0.6) is 5.75 Å². The van der Waals surface area contributed by atoms with Crippen molar-refractivity contribution in [2.45, 2.75) is 39.2 Å². The molecule has 4 heteroatoms. The van der Waals surface area contributed by atoms with Crippen LogP contribution in [0.4, 0.5) is 0 Å². The third kappa shape index (κ3) is 7.19. The zero-order valence-electron chi connectivity index (χ0n) is 21.2. The molecule has 0 radical (unpaired) electrons. The molecular weight excluding hydrogens is 420 g/mol. The lowest BCUT2D eigenvalue weighted by atomic mass is 9.95. The van der Waals surface area contributed by atoms with Crippen LogP contribution < -0.4 is 10.1 Å². The topological polar surface area (TPSA) is 41.6 Å². The number of hydrogen-bond donors (Lipinski definition) is 1. The van der Waals surface area contributed by atoms with Crippen LogP contribution in [0.2, 0.25) is 0 Å². The molecule has 3 aromatic rings. The molecule has 0 spiro atoms. The van der Waals surface area contributed by atoms with Gasteiger partial charge in [0.1, 0.15) is 5.75 Å². The number of carbonyl (C=O) groups is 1. The first-order valence-electron chi connectivity index (χ1n) is 12.1. The molecule has 0 saturated carbocycles. The van der Waals surface area contributed by atoms with Crippen LogP contribution in [0.3, 0.4) is 0 Å². The highest BCUT2D eigenvalue weighted by Gasteiger charge is 2.17. The van der Waals surface area contributed by atoms with Crippen LogP contribution in [0.25, 0.3) is 11.1 Å². The average Bonchev–Trinajstić information content (AvgIpc) is 2.82. The number of nitrogens with one attached hydrogen (secondary N) is 1. The van der Waals surface area contributed by atoms with E-state index >= 15 is 0 Å². The van der Waals surface area contributed by atoms with Gasteiger partial charge in [-0.25, -0.2) is 0 Å². The largest absolute Gasteiger partial charge is 0.496 e. The lowest BCUT2D eigenvalue weighted by molar-refractivity contribution is 0.0928. The number of likely N-dealkylation sites (N-methyl/N-ethyl adjacent to an activating group) is 1. The maximum absolute atomic E-state index is 13.2. The number of para-hydroxylation sites is 1. The molecule has 3 rings (SSSR count). The molecule has 0 bridgehead atoms. The van der Waals surface area contributed by atoms with Gasteiger partial charge in [-0.05, 0) is 68.1 Å². The van der Waals surface area contributed by atoms with Crippen molar-refractivity contribution in [1.82, 2.24) is 10.2 Å². The fourth-order valence-electron chi connectivity index (χ4n) is 4.39. The monoisotopic (exact) mass is 458 g/mol. The van der Waals surface area contributed by atoms with Gasteiger partial charge in [-0.3, -0.25) is 4.79 Å². The number of hydrogen-bond acceptors (Lipinski definition) is 3. The van der Waals surface area contributed by atoms with Gasteiger partial charge in [0.25, 0.3) is 5.91 Å². The summed E-state index contributed by atoms with van der Waals surface area (Å²) in [5.41, 5.74) is 5.15. The van der Waals surface area contributed by atoms with Crippen molar-refractivity contribution in [2.24, 2.45) is 5.92 Å². The van der Waals surface area contributed by atoms with Gasteiger partial charge in [-0.15, -0.1) is 0 Å². The van der Waals surface area contributed by atoms with Crippen LogP contribution >= 0.6 is 0 Å². The number of ether oxygens (including phenoxy) is 1. The lowest BCUT2D eigenvalue weighted by Gasteiger charge is -2.23. The van der Waals surface area contributed by atoms with Gasteiger partial charge in [-0.2, -0.15) is 0 Å². The first-order valence-corrected chi connectivity index (χ1v) is 12.1. The van der Waals surface area contributed by atoms with E-state index in [9.17, 15) is 4.79 Å². The molecule has 0 fully saturated rings. The van der Waals surface area contributed by atoms with E-state index < -0.39 is 0 Å². The van der Waals surface area contributed by atoms with E-state index in [1.54, 1.807) is 7.11 Å². The minimum absolute atomic E-state index is 0.0425. The Labute approximate surface area is 205 Å². The number of rotatable bonds is 11. The summed E-state index contributed by atoms with van der Waals surface area (Å²) in [5, 5.41) is 3.27. The summed E-state index contributed by atoms with van der Waals surface area (Å²) < 4.78 is 5.81. The molecule has 0 aromatic heterocycles. The highest BCUT2D eigenvalue weighted by Crippen LogP contribution is 2.34. The Kier molecular flexibility index (Phi) is 9.29. The Balaban J connectivity index is 1.79. The number of aryl methyl sites for hydroxylation is 1. The van der Waals surface area contributed by atoms with E-state index in [-0.39, 0.29) is 11.9 Å². The van der Waals surface area contributed by atoms with Crippen LogP contribution in [0, 0.1) is 5.92 Å². The second kappa shape index (κ2) is 12.4. The summed E-state index contributed by atoms with van der Waals surface area (Å²) in [4.78, 5) is 15.4. The van der Waals surface area contributed by atoms with Crippen molar-refractivity contribution in [3.05, 3.63) is 89.5 Å². The molecule has 0 aliphatic carbocycles. The van der Waals surface area contributed by atoms with Crippen molar-refractivity contribution in [3.8, 4) is 16.9 Å². The summed E-state index contributed by atoms with van der Waals surface area (Å²) in [6, 6.07) is 24.6. The normalized spacial score (nSPS) is 12.1. The molecule has 0 aliphatic heterocycles. The smallest absolute Gasteiger partial charge is 0.251 e. The Morgan fingerprint density at radius 1 is 0.971 bits per heavy atom. The maximum Gasteiger partial charge on any atom is 0.251 e. The predicted octanol–water partition coefficient (Wildman–Crippen LogP) is 5.85. The number of methoxy groups -OCH3 is 1. The lowest BCUT2D eigenvalue weighted by Crippen LogP contribution is -2.42. The molecule has 34 heavy (non-hydrogen) atoms. The summed E-state index contributed by atoms with van der Waals surface area (Å²) >= 11 is 0. The second-order valence-electron chi connectivity index (χ2n) is 9.63. The van der Waals surface area contributed by atoms with Crippen LogP contribution in [0.15, 0.2) is 72.8 Å². The SMILES string of the molecule is COc1c(CC(C)C)cccc1-c1cccc(C(=O)N[C@H](CCc2ccccc2)CN(C)C)c1. The van der Waals surface area contributed by atoms with Crippen molar-refractivity contribution < 1.29 is 9.53 Å². The molecular formula is C30H38N2O2. The van der Waals surface area contributed by atoms with Crippen molar-refractivity contribution >= 4 is 5.91 Å². The Hall–Kier alpha value is -3.11. The molecule has 1 atom stereocenters. The van der Waals surface area contributed by atoms with E-state index in [1.165, 1.54) is 11.1 Å². The Morgan fingerprint density at radius 3 is 2.38 bits per heavy atom. The van der Waals surface area contributed by atoms with Crippen LogP contribution in [0.1, 0.15) is 41.8 Å². The maximum atomic E-state index is 13.2. The highest BCUT2D eigenvalue weighted by molar-refractivity contribution is 5.96. The van der Waals surface area contributed by atoms with Crippen molar-refractivity contribution in [2.75, 3.05) is 27.7 Å². The number of carbonyl (C=O) groups excluding carboxylic acids is 1. The quantitative estimate of drug-likeness (QED) is 0.392. The molecule has 0 saturated heterocycles. The zero-order chi connectivity index (χ0) is 24.5. The number of benzene rings is 3. The fourth-order valence-corrected chi connectivity index (χ4v) is 4.39. The molecule has 180 valence electrons. The summed E-state index contributed by atoms with van der Waals surface area (Å²) in [6.07, 6.45) is 2.77. The van der Waals surface area contributed by atoms with Crippen LogP contribution in [-0.4, -0.2) is 44.6 Å². The predicted molar refractivity (Wildman–Crippen MR) is 142 cm³/mol. The van der Waals surface area contributed by atoms with E-state index in [2.05, 4.69) is 66.5 Å². The number of nitrogens with zero attached hydrogens (tertiary/aromatic N) is 1. The zero-order valence-corrected chi connectivity index (χ0v) is 21.2. The summed E-state index contributed by atoms with van der Waals surface area (Å²) in [5.74, 6) is 1.38. The van der Waals surface area contributed by atoms with Gasteiger partial charge in [0, 0.05) is 23.7 Å². The molecule has 1 amide bonds.